The Kier molecular flexibility index (Phi) is 7.82. The van der Waals surface area contributed by atoms with E-state index in [0.717, 1.165) is 42.7 Å². The number of carbonyl (C=O) groups excluding carboxylic acids is 1. The molecule has 1 saturated heterocycles. The maximum absolute atomic E-state index is 12.8. The first-order chi connectivity index (χ1) is 16.8. The fourth-order valence-corrected chi connectivity index (χ4v) is 5.04. The number of nitriles is 1. The van der Waals surface area contributed by atoms with Crippen LogP contribution >= 0.6 is 11.8 Å². The van der Waals surface area contributed by atoms with E-state index in [1.54, 1.807) is 16.7 Å². The lowest BCUT2D eigenvalue weighted by atomic mass is 10.0. The number of benzene rings is 1. The summed E-state index contributed by atoms with van der Waals surface area (Å²) < 4.78 is 5.61. The Morgan fingerprint density at radius 2 is 1.97 bits per heavy atom. The molecule has 186 valence electrons. The number of fused-ring (bicyclic) bond motifs is 1. The molecule has 1 aromatic heterocycles. The van der Waals surface area contributed by atoms with Gasteiger partial charge in [0.25, 0.3) is 0 Å². The third-order valence-corrected chi connectivity index (χ3v) is 6.82. The molecule has 0 N–H and O–H groups in total. The first-order valence-electron chi connectivity index (χ1n) is 12.1. The number of hydrogen-bond donors (Lipinski definition) is 0. The normalized spacial score (nSPS) is 18.7. The van der Waals surface area contributed by atoms with Crippen LogP contribution in [-0.2, 0) is 24.2 Å². The first-order valence-corrected chi connectivity index (χ1v) is 13.3. The zero-order valence-electron chi connectivity index (χ0n) is 21.0. The van der Waals surface area contributed by atoms with E-state index in [1.165, 1.54) is 11.1 Å². The van der Waals surface area contributed by atoms with Gasteiger partial charge >= 0.3 is 6.09 Å². The van der Waals surface area contributed by atoms with Gasteiger partial charge in [-0.3, -0.25) is 4.90 Å². The minimum Gasteiger partial charge on any atom is -0.444 e. The van der Waals surface area contributed by atoms with Crippen LogP contribution in [0.15, 0.2) is 35.5 Å². The number of amides is 1. The lowest BCUT2D eigenvalue weighted by Gasteiger charge is -2.42. The molecule has 3 heterocycles. The van der Waals surface area contributed by atoms with Crippen LogP contribution in [0.4, 0.5) is 10.6 Å². The average molecular weight is 495 g/mol. The molecule has 1 fully saturated rings. The van der Waals surface area contributed by atoms with Crippen LogP contribution in [0.25, 0.3) is 0 Å². The smallest absolute Gasteiger partial charge is 0.410 e. The van der Waals surface area contributed by atoms with Crippen molar-refractivity contribution >= 4 is 23.7 Å². The van der Waals surface area contributed by atoms with E-state index in [9.17, 15) is 10.1 Å². The van der Waals surface area contributed by atoms with Crippen LogP contribution < -0.4 is 4.90 Å². The predicted octanol–water partition coefficient (Wildman–Crippen LogP) is 4.10. The molecule has 9 heteroatoms. The number of thioether (sulfide) groups is 1. The molecule has 0 radical (unpaired) electrons. The molecule has 0 aliphatic carbocycles. The maximum atomic E-state index is 12.8. The van der Waals surface area contributed by atoms with E-state index >= 15 is 0 Å². The molecule has 35 heavy (non-hydrogen) atoms. The molecule has 1 aromatic carbocycles. The Morgan fingerprint density at radius 1 is 1.20 bits per heavy atom. The van der Waals surface area contributed by atoms with Crippen LogP contribution in [0.2, 0.25) is 0 Å². The summed E-state index contributed by atoms with van der Waals surface area (Å²) in [5.41, 5.74) is 2.99. The number of hydrogen-bond acceptors (Lipinski definition) is 8. The minimum absolute atomic E-state index is 0.245. The van der Waals surface area contributed by atoms with Crippen LogP contribution in [-0.4, -0.2) is 69.9 Å². The van der Waals surface area contributed by atoms with Crippen molar-refractivity contribution in [3.63, 3.8) is 0 Å². The van der Waals surface area contributed by atoms with E-state index in [0.29, 0.717) is 19.6 Å². The van der Waals surface area contributed by atoms with Crippen molar-refractivity contribution in [2.45, 2.75) is 63.5 Å². The highest BCUT2D eigenvalue weighted by molar-refractivity contribution is 7.98. The second kappa shape index (κ2) is 10.8. The average Bonchev–Trinajstić information content (AvgIpc) is 2.83. The first kappa shape index (κ1) is 25.3. The van der Waals surface area contributed by atoms with Crippen molar-refractivity contribution in [3.05, 3.63) is 47.2 Å². The van der Waals surface area contributed by atoms with E-state index in [-0.39, 0.29) is 18.6 Å². The van der Waals surface area contributed by atoms with Crippen molar-refractivity contribution in [1.82, 2.24) is 19.8 Å². The zero-order valence-corrected chi connectivity index (χ0v) is 21.8. The van der Waals surface area contributed by atoms with Gasteiger partial charge in [-0.2, -0.15) is 5.26 Å². The van der Waals surface area contributed by atoms with Gasteiger partial charge in [0.05, 0.1) is 24.2 Å². The van der Waals surface area contributed by atoms with Crippen LogP contribution in [0.3, 0.4) is 0 Å². The van der Waals surface area contributed by atoms with Gasteiger partial charge in [0, 0.05) is 44.8 Å². The molecule has 8 nitrogen and oxygen atoms in total. The number of anilines is 1. The van der Waals surface area contributed by atoms with Crippen LogP contribution in [0, 0.1) is 11.3 Å². The summed E-state index contributed by atoms with van der Waals surface area (Å²) in [5.74, 6) is 0.950. The molecule has 2 aromatic rings. The molecule has 0 bridgehead atoms. The van der Waals surface area contributed by atoms with E-state index in [1.807, 2.05) is 33.1 Å². The summed E-state index contributed by atoms with van der Waals surface area (Å²) in [6, 6.07) is 12.5. The van der Waals surface area contributed by atoms with Gasteiger partial charge in [-0.1, -0.05) is 42.1 Å². The second-order valence-electron chi connectivity index (χ2n) is 10.0. The Balaban J connectivity index is 1.55. The Bertz CT molecular complexity index is 1080. The Labute approximate surface area is 212 Å². The topological polar surface area (TPSA) is 85.6 Å². The van der Waals surface area contributed by atoms with Gasteiger partial charge in [-0.25, -0.2) is 14.8 Å². The Morgan fingerprint density at radius 3 is 2.66 bits per heavy atom. The maximum Gasteiger partial charge on any atom is 0.410 e. The van der Waals surface area contributed by atoms with Crippen LogP contribution in [0.5, 0.6) is 0 Å². The molecular weight excluding hydrogens is 460 g/mol. The highest BCUT2D eigenvalue weighted by atomic mass is 32.2. The number of nitrogens with zero attached hydrogens (tertiary/aromatic N) is 6. The SMILES string of the molecule is CSc1nc2c(c(N3CCN(C(=O)OC(C)(C)C)[C@@H](CC#N)C3)n1)CCN(Cc1ccccc1)C2. The molecule has 1 amide bonds. The monoisotopic (exact) mass is 494 g/mol. The molecule has 0 unspecified atom stereocenters. The number of ether oxygens (including phenoxy) is 1. The van der Waals surface area contributed by atoms with Gasteiger partial charge in [0.1, 0.15) is 11.4 Å². The second-order valence-corrected chi connectivity index (χ2v) is 10.8. The highest BCUT2D eigenvalue weighted by Gasteiger charge is 2.35. The summed E-state index contributed by atoms with van der Waals surface area (Å²) in [5, 5.41) is 10.2. The molecule has 2 aliphatic heterocycles. The van der Waals surface area contributed by atoms with E-state index in [4.69, 9.17) is 14.7 Å². The molecule has 4 rings (SSSR count). The third kappa shape index (κ3) is 6.24. The van der Waals surface area contributed by atoms with Crippen molar-refractivity contribution < 1.29 is 9.53 Å². The summed E-state index contributed by atoms with van der Waals surface area (Å²) in [6.45, 7) is 9.89. The van der Waals surface area contributed by atoms with Gasteiger partial charge in [-0.15, -0.1) is 0 Å². The molecule has 0 spiro atoms. The Hall–Kier alpha value is -2.83. The van der Waals surface area contributed by atoms with Gasteiger partial charge < -0.3 is 14.5 Å². The summed E-state index contributed by atoms with van der Waals surface area (Å²) >= 11 is 1.54. The third-order valence-electron chi connectivity index (χ3n) is 6.27. The molecular formula is C26H34N6O2S. The predicted molar refractivity (Wildman–Crippen MR) is 137 cm³/mol. The van der Waals surface area contributed by atoms with E-state index < -0.39 is 5.60 Å². The number of aromatic nitrogens is 2. The number of carbonyl (C=O) groups is 1. The fourth-order valence-electron chi connectivity index (χ4n) is 4.66. The molecule has 2 aliphatic rings. The quantitative estimate of drug-likeness (QED) is 0.454. The molecule has 0 saturated carbocycles. The highest BCUT2D eigenvalue weighted by Crippen LogP contribution is 2.31. The summed E-state index contributed by atoms with van der Waals surface area (Å²) in [4.78, 5) is 28.9. The standard InChI is InChI=1S/C26H34N6O2S/c1-26(2,3)34-25(33)32-15-14-31(17-20(32)10-12-27)23-21-11-13-30(16-19-8-6-5-7-9-19)18-22(21)28-24(29-23)35-4/h5-9,20H,10-11,13-18H2,1-4H3/t20-/m0/s1. The largest absolute Gasteiger partial charge is 0.444 e. The van der Waals surface area contributed by atoms with Crippen LogP contribution in [0.1, 0.15) is 44.0 Å². The summed E-state index contributed by atoms with van der Waals surface area (Å²) in [6.07, 6.45) is 2.77. The fraction of sp³-hybridized carbons (Fsp3) is 0.538. The van der Waals surface area contributed by atoms with Gasteiger partial charge in [0.15, 0.2) is 5.16 Å². The zero-order chi connectivity index (χ0) is 25.0. The van der Waals surface area contributed by atoms with Crippen molar-refractivity contribution in [3.8, 4) is 6.07 Å². The van der Waals surface area contributed by atoms with Gasteiger partial charge in [0.2, 0.25) is 0 Å². The summed E-state index contributed by atoms with van der Waals surface area (Å²) in [7, 11) is 0. The lowest BCUT2D eigenvalue weighted by Crippen LogP contribution is -2.56. The van der Waals surface area contributed by atoms with Crippen molar-refractivity contribution in [1.29, 1.82) is 5.26 Å². The minimum atomic E-state index is -0.573. The van der Waals surface area contributed by atoms with Crippen molar-refractivity contribution in [2.24, 2.45) is 0 Å². The molecule has 1 atom stereocenters. The number of rotatable bonds is 5. The number of piperazine rings is 1. The lowest BCUT2D eigenvalue weighted by molar-refractivity contribution is 0.0144. The van der Waals surface area contributed by atoms with E-state index in [2.05, 4.69) is 40.1 Å². The van der Waals surface area contributed by atoms with Gasteiger partial charge in [-0.05, 0) is 39.0 Å². The van der Waals surface area contributed by atoms with Crippen molar-refractivity contribution in [2.75, 3.05) is 37.3 Å².